The second-order valence-electron chi connectivity index (χ2n) is 5.23. The van der Waals surface area contributed by atoms with Crippen LogP contribution in [0.2, 0.25) is 0 Å². The molecule has 3 nitrogen and oxygen atoms in total. The number of hydrogen-bond donors (Lipinski definition) is 1. The quantitative estimate of drug-likeness (QED) is 0.882. The van der Waals surface area contributed by atoms with Crippen LogP contribution in [-0.2, 0) is 0 Å². The van der Waals surface area contributed by atoms with E-state index in [0.717, 1.165) is 24.4 Å². The first-order chi connectivity index (χ1) is 10.2. The van der Waals surface area contributed by atoms with Crippen molar-refractivity contribution in [2.45, 2.75) is 19.9 Å². The minimum absolute atomic E-state index is 0.0833. The van der Waals surface area contributed by atoms with Crippen molar-refractivity contribution < 1.29 is 4.74 Å². The smallest absolute Gasteiger partial charge is 0.123 e. The summed E-state index contributed by atoms with van der Waals surface area (Å²) in [6, 6.07) is 16.4. The molecule has 112 valence electrons. The summed E-state index contributed by atoms with van der Waals surface area (Å²) in [5, 5.41) is 0. The number of rotatable bonds is 6. The molecular weight excluding hydrogens is 260 g/mol. The van der Waals surface area contributed by atoms with Crippen LogP contribution in [0.15, 0.2) is 48.5 Å². The zero-order chi connectivity index (χ0) is 15.2. The summed E-state index contributed by atoms with van der Waals surface area (Å²) < 4.78 is 5.44. The molecule has 0 saturated carbocycles. The molecule has 0 aromatic heterocycles. The summed E-state index contributed by atoms with van der Waals surface area (Å²) in [4.78, 5) is 2.28. The Hall–Kier alpha value is -2.00. The van der Waals surface area contributed by atoms with Gasteiger partial charge in [0.05, 0.1) is 13.2 Å². The van der Waals surface area contributed by atoms with Gasteiger partial charge in [-0.25, -0.2) is 0 Å². The second-order valence-corrected chi connectivity index (χ2v) is 5.23. The van der Waals surface area contributed by atoms with Gasteiger partial charge in [-0.3, -0.25) is 0 Å². The lowest BCUT2D eigenvalue weighted by atomic mass is 10.0. The fraction of sp³-hybridized carbons (Fsp3) is 0.333. The summed E-state index contributed by atoms with van der Waals surface area (Å²) in [5.74, 6) is 0.859. The van der Waals surface area contributed by atoms with Crippen LogP contribution in [0.3, 0.4) is 0 Å². The Morgan fingerprint density at radius 2 is 1.86 bits per heavy atom. The maximum atomic E-state index is 6.43. The summed E-state index contributed by atoms with van der Waals surface area (Å²) >= 11 is 0. The number of likely N-dealkylation sites (N-methyl/N-ethyl adjacent to an activating group) is 1. The predicted octanol–water partition coefficient (Wildman–Crippen LogP) is 3.53. The minimum atomic E-state index is -0.0833. The lowest BCUT2D eigenvalue weighted by Gasteiger charge is -2.27. The number of benzene rings is 2. The van der Waals surface area contributed by atoms with E-state index < -0.39 is 0 Å². The summed E-state index contributed by atoms with van der Waals surface area (Å²) in [6.07, 6.45) is 0. The second kappa shape index (κ2) is 7.14. The van der Waals surface area contributed by atoms with E-state index in [4.69, 9.17) is 10.5 Å². The molecule has 21 heavy (non-hydrogen) atoms. The Morgan fingerprint density at radius 3 is 2.48 bits per heavy atom. The maximum absolute atomic E-state index is 6.43. The average molecular weight is 284 g/mol. The Morgan fingerprint density at radius 1 is 1.14 bits per heavy atom. The molecule has 0 bridgehead atoms. The third-order valence-electron chi connectivity index (χ3n) is 3.70. The standard InChI is InChI=1S/C18H24N2O/c1-4-20(15-8-6-5-7-9-15)13-17(19)16-12-14(2)10-11-18(16)21-3/h5-12,17H,4,13,19H2,1-3H3. The zero-order valence-corrected chi connectivity index (χ0v) is 13.0. The zero-order valence-electron chi connectivity index (χ0n) is 13.0. The van der Waals surface area contributed by atoms with Crippen molar-refractivity contribution in [1.82, 2.24) is 0 Å². The third kappa shape index (κ3) is 3.76. The molecule has 0 saturated heterocycles. The van der Waals surface area contributed by atoms with Crippen LogP contribution in [0.4, 0.5) is 5.69 Å². The lowest BCUT2D eigenvalue weighted by molar-refractivity contribution is 0.405. The highest BCUT2D eigenvalue weighted by molar-refractivity contribution is 5.47. The van der Waals surface area contributed by atoms with E-state index >= 15 is 0 Å². The highest BCUT2D eigenvalue weighted by Gasteiger charge is 2.15. The van der Waals surface area contributed by atoms with Crippen molar-refractivity contribution in [3.8, 4) is 5.75 Å². The number of nitrogens with two attached hydrogens (primary N) is 1. The lowest BCUT2D eigenvalue weighted by Crippen LogP contribution is -2.32. The normalized spacial score (nSPS) is 12.0. The number of anilines is 1. The summed E-state index contributed by atoms with van der Waals surface area (Å²) in [5.41, 5.74) is 9.89. The van der Waals surface area contributed by atoms with Gasteiger partial charge >= 0.3 is 0 Å². The van der Waals surface area contributed by atoms with E-state index in [1.54, 1.807) is 7.11 Å². The highest BCUT2D eigenvalue weighted by Crippen LogP contribution is 2.26. The largest absolute Gasteiger partial charge is 0.496 e. The molecule has 0 spiro atoms. The van der Waals surface area contributed by atoms with Gasteiger partial charge in [0.25, 0.3) is 0 Å². The number of methoxy groups -OCH3 is 1. The van der Waals surface area contributed by atoms with E-state index in [0.29, 0.717) is 0 Å². The fourth-order valence-corrected chi connectivity index (χ4v) is 2.54. The van der Waals surface area contributed by atoms with Gasteiger partial charge in [0.1, 0.15) is 5.75 Å². The van der Waals surface area contributed by atoms with Gasteiger partial charge < -0.3 is 15.4 Å². The monoisotopic (exact) mass is 284 g/mol. The van der Waals surface area contributed by atoms with Crippen LogP contribution < -0.4 is 15.4 Å². The van der Waals surface area contributed by atoms with E-state index in [1.807, 2.05) is 18.2 Å². The van der Waals surface area contributed by atoms with Gasteiger partial charge in [0.2, 0.25) is 0 Å². The van der Waals surface area contributed by atoms with E-state index in [1.165, 1.54) is 11.3 Å². The van der Waals surface area contributed by atoms with E-state index in [-0.39, 0.29) is 6.04 Å². The summed E-state index contributed by atoms with van der Waals surface area (Å²) in [7, 11) is 1.69. The first-order valence-corrected chi connectivity index (χ1v) is 7.35. The van der Waals surface area contributed by atoms with Gasteiger partial charge in [-0.05, 0) is 32.0 Å². The molecule has 0 aliphatic carbocycles. The fourth-order valence-electron chi connectivity index (χ4n) is 2.54. The van der Waals surface area contributed by atoms with Gasteiger partial charge in [0.15, 0.2) is 0 Å². The molecule has 2 rings (SSSR count). The average Bonchev–Trinajstić information content (AvgIpc) is 2.53. The molecule has 0 radical (unpaired) electrons. The van der Waals surface area contributed by atoms with Gasteiger partial charge in [-0.2, -0.15) is 0 Å². The van der Waals surface area contributed by atoms with Crippen LogP contribution in [0.1, 0.15) is 24.1 Å². The van der Waals surface area contributed by atoms with Crippen LogP contribution in [0.25, 0.3) is 0 Å². The number of ether oxygens (including phenoxy) is 1. The number of aryl methyl sites for hydroxylation is 1. The van der Waals surface area contributed by atoms with Crippen LogP contribution >= 0.6 is 0 Å². The Kier molecular flexibility index (Phi) is 5.23. The number of nitrogens with zero attached hydrogens (tertiary/aromatic N) is 1. The highest BCUT2D eigenvalue weighted by atomic mass is 16.5. The van der Waals surface area contributed by atoms with Crippen molar-refractivity contribution >= 4 is 5.69 Å². The van der Waals surface area contributed by atoms with Crippen LogP contribution in [0.5, 0.6) is 5.75 Å². The van der Waals surface area contributed by atoms with Crippen molar-refractivity contribution in [1.29, 1.82) is 0 Å². The molecule has 0 heterocycles. The molecule has 0 aliphatic heterocycles. The Labute approximate surface area is 127 Å². The number of para-hydroxylation sites is 1. The first kappa shape index (κ1) is 15.4. The summed E-state index contributed by atoms with van der Waals surface area (Å²) in [6.45, 7) is 5.91. The van der Waals surface area contributed by atoms with Crippen molar-refractivity contribution in [3.63, 3.8) is 0 Å². The van der Waals surface area contributed by atoms with Gasteiger partial charge in [-0.1, -0.05) is 35.9 Å². The van der Waals surface area contributed by atoms with Crippen LogP contribution in [-0.4, -0.2) is 20.2 Å². The minimum Gasteiger partial charge on any atom is -0.496 e. The Bertz CT molecular complexity index is 569. The molecule has 0 aliphatic rings. The predicted molar refractivity (Wildman–Crippen MR) is 89.0 cm³/mol. The van der Waals surface area contributed by atoms with E-state index in [9.17, 15) is 0 Å². The van der Waals surface area contributed by atoms with Crippen LogP contribution in [0, 0.1) is 6.92 Å². The molecule has 2 aromatic carbocycles. The van der Waals surface area contributed by atoms with Crippen molar-refractivity contribution in [3.05, 3.63) is 59.7 Å². The maximum Gasteiger partial charge on any atom is 0.123 e. The molecule has 2 N–H and O–H groups in total. The van der Waals surface area contributed by atoms with E-state index in [2.05, 4.69) is 49.1 Å². The molecule has 3 heteroatoms. The molecule has 1 unspecified atom stereocenters. The molecule has 2 aromatic rings. The first-order valence-electron chi connectivity index (χ1n) is 7.35. The molecule has 0 fully saturated rings. The SMILES string of the molecule is CCN(CC(N)c1cc(C)ccc1OC)c1ccccc1. The Balaban J connectivity index is 2.20. The van der Waals surface area contributed by atoms with Gasteiger partial charge in [-0.15, -0.1) is 0 Å². The van der Waals surface area contributed by atoms with Crippen molar-refractivity contribution in [2.75, 3.05) is 25.1 Å². The molecule has 1 atom stereocenters. The molecule has 0 amide bonds. The van der Waals surface area contributed by atoms with Crippen molar-refractivity contribution in [2.24, 2.45) is 5.73 Å². The third-order valence-corrected chi connectivity index (χ3v) is 3.70. The van der Waals surface area contributed by atoms with Gasteiger partial charge in [0, 0.05) is 24.3 Å². The number of hydrogen-bond acceptors (Lipinski definition) is 3. The molecular formula is C18H24N2O. The topological polar surface area (TPSA) is 38.5 Å².